The molecule has 3 N–H and O–H groups in total. The smallest absolute Gasteiger partial charge is 0.325 e. The Morgan fingerprint density at radius 2 is 1.78 bits per heavy atom. The summed E-state index contributed by atoms with van der Waals surface area (Å²) in [6.07, 6.45) is 1.05. The molecule has 1 aliphatic carbocycles. The number of benzene rings is 2. The number of carbonyl (C=O) groups is 2. The molecule has 2 aromatic rings. The predicted octanol–water partition coefficient (Wildman–Crippen LogP) is 2.67. The van der Waals surface area contributed by atoms with Crippen LogP contribution in [0.3, 0.4) is 0 Å². The van der Waals surface area contributed by atoms with Gasteiger partial charge in [0.2, 0.25) is 5.91 Å². The van der Waals surface area contributed by atoms with Gasteiger partial charge in [0.1, 0.15) is 5.82 Å². The Morgan fingerprint density at radius 1 is 1.11 bits per heavy atom. The number of rotatable bonds is 7. The summed E-state index contributed by atoms with van der Waals surface area (Å²) >= 11 is 0. The van der Waals surface area contributed by atoms with Crippen LogP contribution in [-0.2, 0) is 4.79 Å². The van der Waals surface area contributed by atoms with Gasteiger partial charge in [0.05, 0.1) is 12.6 Å². The second-order valence-corrected chi connectivity index (χ2v) is 6.60. The average molecular weight is 371 g/mol. The summed E-state index contributed by atoms with van der Waals surface area (Å²) in [4.78, 5) is 26.0. The van der Waals surface area contributed by atoms with E-state index >= 15 is 0 Å². The highest BCUT2D eigenvalue weighted by Crippen LogP contribution is 2.28. The molecule has 1 unspecified atom stereocenters. The average Bonchev–Trinajstić information content (AvgIpc) is 3.47. The summed E-state index contributed by atoms with van der Waals surface area (Å²) in [6.45, 7) is 0.245. The summed E-state index contributed by atoms with van der Waals surface area (Å²) < 4.78 is 13.0. The molecule has 2 aromatic carbocycles. The Kier molecular flexibility index (Phi) is 6.16. The van der Waals surface area contributed by atoms with Crippen molar-refractivity contribution in [3.63, 3.8) is 0 Å². The standard InChI is InChI=1S/C20H22FN3O3/c21-15-8-6-14(7-9-15)18(25)12-24(17-10-11-17)13-19(26)23-20(27)22-16-4-2-1-3-5-16/h1-9,17-18,25H,10-13H2,(H2,22,23,26,27). The van der Waals surface area contributed by atoms with Crippen molar-refractivity contribution < 1.29 is 19.1 Å². The van der Waals surface area contributed by atoms with Crippen molar-refractivity contribution in [2.45, 2.75) is 25.0 Å². The molecule has 1 saturated carbocycles. The Morgan fingerprint density at radius 3 is 2.41 bits per heavy atom. The maximum Gasteiger partial charge on any atom is 0.325 e. The second-order valence-electron chi connectivity index (χ2n) is 6.60. The van der Waals surface area contributed by atoms with Gasteiger partial charge in [0, 0.05) is 18.3 Å². The fourth-order valence-electron chi connectivity index (χ4n) is 2.83. The van der Waals surface area contributed by atoms with Gasteiger partial charge in [-0.2, -0.15) is 0 Å². The van der Waals surface area contributed by atoms with Crippen LogP contribution in [0.15, 0.2) is 54.6 Å². The Labute approximate surface area is 157 Å². The van der Waals surface area contributed by atoms with Crippen molar-refractivity contribution in [1.82, 2.24) is 10.2 Å². The van der Waals surface area contributed by atoms with Gasteiger partial charge in [-0.25, -0.2) is 9.18 Å². The van der Waals surface area contributed by atoms with Gasteiger partial charge in [0.25, 0.3) is 0 Å². The molecule has 1 fully saturated rings. The van der Waals surface area contributed by atoms with Crippen LogP contribution < -0.4 is 10.6 Å². The summed E-state index contributed by atoms with van der Waals surface area (Å²) in [6, 6.07) is 14.1. The number of hydrogen-bond acceptors (Lipinski definition) is 4. The molecule has 0 aromatic heterocycles. The molecule has 0 spiro atoms. The van der Waals surface area contributed by atoms with Crippen LogP contribution >= 0.6 is 0 Å². The predicted molar refractivity (Wildman–Crippen MR) is 99.6 cm³/mol. The SMILES string of the molecule is O=C(CN(CC(O)c1ccc(F)cc1)C1CC1)NC(=O)Nc1ccccc1. The fourth-order valence-corrected chi connectivity index (χ4v) is 2.83. The van der Waals surface area contributed by atoms with Crippen molar-refractivity contribution in [1.29, 1.82) is 0 Å². The number of aliphatic hydroxyl groups excluding tert-OH is 1. The molecule has 3 amide bonds. The lowest BCUT2D eigenvalue weighted by molar-refractivity contribution is -0.121. The number of carbonyl (C=O) groups excluding carboxylic acids is 2. The summed E-state index contributed by atoms with van der Waals surface area (Å²) in [5, 5.41) is 15.3. The first-order valence-corrected chi connectivity index (χ1v) is 8.85. The van der Waals surface area contributed by atoms with E-state index in [-0.39, 0.29) is 24.9 Å². The van der Waals surface area contributed by atoms with E-state index in [1.165, 1.54) is 24.3 Å². The Hall–Kier alpha value is -2.77. The third-order valence-electron chi connectivity index (χ3n) is 4.36. The number of anilines is 1. The van der Waals surface area contributed by atoms with E-state index in [9.17, 15) is 19.1 Å². The first-order valence-electron chi connectivity index (χ1n) is 8.85. The van der Waals surface area contributed by atoms with E-state index in [2.05, 4.69) is 10.6 Å². The molecule has 6 nitrogen and oxygen atoms in total. The number of nitrogens with one attached hydrogen (secondary N) is 2. The Bertz CT molecular complexity index is 779. The molecule has 7 heteroatoms. The minimum absolute atomic E-state index is 0.00509. The number of halogens is 1. The third kappa shape index (κ3) is 5.87. The van der Waals surface area contributed by atoms with Gasteiger partial charge in [-0.15, -0.1) is 0 Å². The molecule has 0 radical (unpaired) electrons. The van der Waals surface area contributed by atoms with Crippen LogP contribution in [-0.4, -0.2) is 41.1 Å². The van der Waals surface area contributed by atoms with Crippen molar-refractivity contribution in [3.05, 3.63) is 66.0 Å². The normalized spacial score (nSPS) is 14.6. The topological polar surface area (TPSA) is 81.7 Å². The van der Waals surface area contributed by atoms with Crippen LogP contribution in [0, 0.1) is 5.82 Å². The minimum Gasteiger partial charge on any atom is -0.387 e. The van der Waals surface area contributed by atoms with Gasteiger partial charge in [-0.1, -0.05) is 30.3 Å². The maximum absolute atomic E-state index is 13.0. The molecular formula is C20H22FN3O3. The summed E-state index contributed by atoms with van der Waals surface area (Å²) in [5.41, 5.74) is 1.18. The van der Waals surface area contributed by atoms with E-state index in [1.54, 1.807) is 24.3 Å². The molecule has 0 bridgehead atoms. The van der Waals surface area contributed by atoms with E-state index in [0.29, 0.717) is 11.3 Å². The quantitative estimate of drug-likeness (QED) is 0.699. The molecule has 0 saturated heterocycles. The lowest BCUT2D eigenvalue weighted by Gasteiger charge is -2.24. The van der Waals surface area contributed by atoms with E-state index < -0.39 is 18.0 Å². The molecule has 3 rings (SSSR count). The minimum atomic E-state index is -0.836. The van der Waals surface area contributed by atoms with E-state index in [1.807, 2.05) is 11.0 Å². The monoisotopic (exact) mass is 371 g/mol. The maximum atomic E-state index is 13.0. The largest absolute Gasteiger partial charge is 0.387 e. The molecule has 1 atom stereocenters. The summed E-state index contributed by atoms with van der Waals surface area (Å²) in [5.74, 6) is -0.810. The zero-order valence-corrected chi connectivity index (χ0v) is 14.8. The van der Waals surface area contributed by atoms with Crippen LogP contribution in [0.25, 0.3) is 0 Å². The van der Waals surface area contributed by atoms with Crippen LogP contribution in [0.5, 0.6) is 0 Å². The van der Waals surface area contributed by atoms with Gasteiger partial charge >= 0.3 is 6.03 Å². The second kappa shape index (κ2) is 8.75. The van der Waals surface area contributed by atoms with Crippen LogP contribution in [0.2, 0.25) is 0 Å². The lowest BCUT2D eigenvalue weighted by Crippen LogP contribution is -2.43. The number of amides is 3. The number of para-hydroxylation sites is 1. The van der Waals surface area contributed by atoms with Gasteiger partial charge in [-0.05, 0) is 42.7 Å². The van der Waals surface area contributed by atoms with Gasteiger partial charge < -0.3 is 10.4 Å². The third-order valence-corrected chi connectivity index (χ3v) is 4.36. The van der Waals surface area contributed by atoms with Crippen molar-refractivity contribution in [2.24, 2.45) is 0 Å². The van der Waals surface area contributed by atoms with Crippen LogP contribution in [0.4, 0.5) is 14.9 Å². The van der Waals surface area contributed by atoms with Gasteiger partial charge in [-0.3, -0.25) is 15.0 Å². The fraction of sp³-hybridized carbons (Fsp3) is 0.300. The number of imide groups is 1. The Balaban J connectivity index is 1.52. The van der Waals surface area contributed by atoms with E-state index in [4.69, 9.17) is 0 Å². The highest BCUT2D eigenvalue weighted by Gasteiger charge is 2.32. The molecule has 0 heterocycles. The number of hydrogen-bond donors (Lipinski definition) is 3. The van der Waals surface area contributed by atoms with Crippen LogP contribution in [0.1, 0.15) is 24.5 Å². The zero-order chi connectivity index (χ0) is 19.2. The number of nitrogens with zero attached hydrogens (tertiary/aromatic N) is 1. The first kappa shape index (κ1) is 19.0. The lowest BCUT2D eigenvalue weighted by atomic mass is 10.1. The summed E-state index contributed by atoms with van der Waals surface area (Å²) in [7, 11) is 0. The van der Waals surface area contributed by atoms with E-state index in [0.717, 1.165) is 12.8 Å². The molecule has 142 valence electrons. The van der Waals surface area contributed by atoms with Crippen molar-refractivity contribution in [2.75, 3.05) is 18.4 Å². The molecular weight excluding hydrogens is 349 g/mol. The molecule has 1 aliphatic rings. The number of aliphatic hydroxyl groups is 1. The van der Waals surface area contributed by atoms with Crippen molar-refractivity contribution in [3.8, 4) is 0 Å². The molecule has 0 aliphatic heterocycles. The zero-order valence-electron chi connectivity index (χ0n) is 14.8. The number of urea groups is 1. The van der Waals surface area contributed by atoms with Crippen molar-refractivity contribution >= 4 is 17.6 Å². The highest BCUT2D eigenvalue weighted by molar-refractivity contribution is 6.01. The van der Waals surface area contributed by atoms with Gasteiger partial charge in [0.15, 0.2) is 0 Å². The highest BCUT2D eigenvalue weighted by atomic mass is 19.1. The molecule has 27 heavy (non-hydrogen) atoms. The first-order chi connectivity index (χ1) is 13.0.